The Kier molecular flexibility index (Phi) is 6.27. The molecule has 0 aliphatic heterocycles. The number of likely N-dealkylation sites (N-methyl/N-ethyl adjacent to an activating group) is 1. The second kappa shape index (κ2) is 8.53. The summed E-state index contributed by atoms with van der Waals surface area (Å²) in [6.45, 7) is 3.63. The Morgan fingerprint density at radius 1 is 1.13 bits per heavy atom. The van der Waals surface area contributed by atoms with Gasteiger partial charge in [-0.3, -0.25) is 9.69 Å². The second-order valence-corrected chi connectivity index (χ2v) is 11.2. The maximum Gasteiger partial charge on any atom is 0.235 e. The van der Waals surface area contributed by atoms with E-state index in [1.165, 1.54) is 24.8 Å². The van der Waals surface area contributed by atoms with Crippen LogP contribution in [-0.2, 0) is 4.79 Å². The first-order valence-electron chi connectivity index (χ1n) is 11.3. The third-order valence-electron chi connectivity index (χ3n) is 7.65. The third kappa shape index (κ3) is 3.96. The number of halogens is 1. The van der Waals surface area contributed by atoms with Crippen LogP contribution in [-0.4, -0.2) is 50.1 Å². The molecule has 4 fully saturated rings. The van der Waals surface area contributed by atoms with Gasteiger partial charge in [-0.25, -0.2) is 4.98 Å². The lowest BCUT2D eigenvalue weighted by atomic mass is 9.49. The van der Waals surface area contributed by atoms with Gasteiger partial charge in [-0.15, -0.1) is 12.4 Å². The zero-order chi connectivity index (χ0) is 21.0. The van der Waals surface area contributed by atoms with Crippen molar-refractivity contribution >= 4 is 45.0 Å². The lowest BCUT2D eigenvalue weighted by molar-refractivity contribution is -0.143. The van der Waals surface area contributed by atoms with Crippen LogP contribution < -0.4 is 9.64 Å². The summed E-state index contributed by atoms with van der Waals surface area (Å²) in [4.78, 5) is 23.3. The highest BCUT2D eigenvalue weighted by Gasteiger charge is 2.56. The first kappa shape index (κ1) is 22.8. The molecule has 2 aromatic rings. The highest BCUT2D eigenvalue weighted by atomic mass is 35.5. The molecule has 1 heterocycles. The fraction of sp³-hybridized carbons (Fsp3) is 0.667. The van der Waals surface area contributed by atoms with E-state index < -0.39 is 0 Å². The van der Waals surface area contributed by atoms with Gasteiger partial charge in [0.05, 0.1) is 17.2 Å². The van der Waals surface area contributed by atoms with E-state index in [2.05, 4.69) is 32.0 Å². The van der Waals surface area contributed by atoms with Gasteiger partial charge in [0.2, 0.25) is 5.91 Å². The molecule has 4 aliphatic carbocycles. The maximum absolute atomic E-state index is 14.2. The average Bonchev–Trinajstić information content (AvgIpc) is 3.13. The molecule has 1 amide bonds. The topological polar surface area (TPSA) is 45.7 Å². The van der Waals surface area contributed by atoms with Crippen LogP contribution in [0, 0.1) is 30.1 Å². The molecule has 6 rings (SSSR count). The predicted octanol–water partition coefficient (Wildman–Crippen LogP) is 5.15. The van der Waals surface area contributed by atoms with E-state index in [1.807, 2.05) is 11.0 Å². The first-order chi connectivity index (χ1) is 14.4. The molecule has 170 valence electrons. The van der Waals surface area contributed by atoms with Gasteiger partial charge >= 0.3 is 0 Å². The molecule has 1 aromatic heterocycles. The predicted molar refractivity (Wildman–Crippen MR) is 130 cm³/mol. The fourth-order valence-corrected chi connectivity index (χ4v) is 7.70. The summed E-state index contributed by atoms with van der Waals surface area (Å²) >= 11 is 1.64. The molecule has 0 atom stereocenters. The van der Waals surface area contributed by atoms with Crippen molar-refractivity contribution in [2.45, 2.75) is 45.4 Å². The van der Waals surface area contributed by atoms with Crippen molar-refractivity contribution in [2.75, 3.05) is 39.2 Å². The SMILES string of the molecule is COc1ccc(C)c2sc(N(CCN(C)C)C(=O)C34CC5CC(CC(C5)C3)C4)nc12.Cl. The normalized spacial score (nSPS) is 28.7. The fourth-order valence-electron chi connectivity index (χ4n) is 6.62. The molecule has 4 aliphatic rings. The summed E-state index contributed by atoms with van der Waals surface area (Å²) in [5.74, 6) is 3.39. The van der Waals surface area contributed by atoms with Gasteiger partial charge in [0.25, 0.3) is 0 Å². The van der Waals surface area contributed by atoms with Crippen LogP contribution in [0.3, 0.4) is 0 Å². The standard InChI is InChI=1S/C24H33N3O2S.ClH/c1-15-5-6-19(29-4)20-21(15)30-23(25-20)27(8-7-26(2)3)22(28)24-12-16-9-17(13-24)11-18(10-16)14-24;/h5-6,16-18H,7-14H2,1-4H3;1H. The summed E-state index contributed by atoms with van der Waals surface area (Å²) in [6, 6.07) is 4.06. The average molecular weight is 464 g/mol. The first-order valence-corrected chi connectivity index (χ1v) is 12.1. The minimum atomic E-state index is -0.155. The second-order valence-electron chi connectivity index (χ2n) is 10.2. The molecule has 0 radical (unpaired) electrons. The number of carbonyl (C=O) groups excluding carboxylic acids is 1. The Hall–Kier alpha value is -1.37. The van der Waals surface area contributed by atoms with E-state index in [1.54, 1.807) is 18.4 Å². The Labute approximate surface area is 195 Å². The molecule has 0 spiro atoms. The quantitative estimate of drug-likeness (QED) is 0.594. The highest BCUT2D eigenvalue weighted by molar-refractivity contribution is 7.22. The number of hydrogen-bond donors (Lipinski definition) is 0. The largest absolute Gasteiger partial charge is 0.494 e. The Morgan fingerprint density at radius 3 is 2.29 bits per heavy atom. The number of methoxy groups -OCH3 is 1. The summed E-state index contributed by atoms with van der Waals surface area (Å²) in [6.07, 6.45) is 7.31. The lowest BCUT2D eigenvalue weighted by Crippen LogP contribution is -2.55. The number of benzene rings is 1. The smallest absolute Gasteiger partial charge is 0.235 e. The number of nitrogens with zero attached hydrogens (tertiary/aromatic N) is 3. The van der Waals surface area contributed by atoms with Crippen molar-refractivity contribution < 1.29 is 9.53 Å². The number of rotatable bonds is 6. The minimum Gasteiger partial charge on any atom is -0.494 e. The van der Waals surface area contributed by atoms with Gasteiger partial charge in [0.1, 0.15) is 11.3 Å². The molecule has 5 nitrogen and oxygen atoms in total. The summed E-state index contributed by atoms with van der Waals surface area (Å²) < 4.78 is 6.69. The number of amides is 1. The van der Waals surface area contributed by atoms with Crippen molar-refractivity contribution in [3.05, 3.63) is 17.7 Å². The molecule has 0 saturated heterocycles. The summed E-state index contributed by atoms with van der Waals surface area (Å²) in [7, 11) is 5.82. The molecule has 1 aromatic carbocycles. The van der Waals surface area contributed by atoms with Crippen molar-refractivity contribution in [3.8, 4) is 5.75 Å². The monoisotopic (exact) mass is 463 g/mol. The Morgan fingerprint density at radius 2 is 1.74 bits per heavy atom. The number of fused-ring (bicyclic) bond motifs is 1. The zero-order valence-corrected chi connectivity index (χ0v) is 20.7. The zero-order valence-electron chi connectivity index (χ0n) is 19.0. The van der Waals surface area contributed by atoms with Gasteiger partial charge in [-0.05, 0) is 88.9 Å². The molecule has 4 bridgehead atoms. The van der Waals surface area contributed by atoms with Crippen LogP contribution in [0.15, 0.2) is 12.1 Å². The van der Waals surface area contributed by atoms with E-state index in [0.29, 0.717) is 12.5 Å². The van der Waals surface area contributed by atoms with Crippen LogP contribution in [0.25, 0.3) is 10.2 Å². The van der Waals surface area contributed by atoms with Crippen molar-refractivity contribution in [3.63, 3.8) is 0 Å². The Balaban J connectivity index is 0.00000231. The van der Waals surface area contributed by atoms with Crippen molar-refractivity contribution in [1.82, 2.24) is 9.88 Å². The molecule has 4 saturated carbocycles. The molecule has 7 heteroatoms. The maximum atomic E-state index is 14.2. The van der Waals surface area contributed by atoms with E-state index >= 15 is 0 Å². The van der Waals surface area contributed by atoms with Crippen LogP contribution in [0.2, 0.25) is 0 Å². The third-order valence-corrected chi connectivity index (χ3v) is 8.86. The van der Waals surface area contributed by atoms with Gasteiger partial charge in [0.15, 0.2) is 5.13 Å². The van der Waals surface area contributed by atoms with E-state index in [-0.39, 0.29) is 17.8 Å². The molecular formula is C24H34ClN3O2S. The summed E-state index contributed by atoms with van der Waals surface area (Å²) in [5.41, 5.74) is 1.91. The van der Waals surface area contributed by atoms with Crippen LogP contribution in [0.4, 0.5) is 5.13 Å². The van der Waals surface area contributed by atoms with E-state index in [4.69, 9.17) is 9.72 Å². The van der Waals surface area contributed by atoms with Gasteiger partial charge in [-0.2, -0.15) is 0 Å². The van der Waals surface area contributed by atoms with Crippen molar-refractivity contribution in [2.24, 2.45) is 23.2 Å². The molecule has 0 unspecified atom stereocenters. The number of carbonyl (C=O) groups is 1. The van der Waals surface area contributed by atoms with Gasteiger partial charge < -0.3 is 9.64 Å². The number of anilines is 1. The number of aryl methyl sites for hydroxylation is 1. The Bertz CT molecular complexity index is 938. The van der Waals surface area contributed by atoms with Crippen LogP contribution in [0.1, 0.15) is 44.1 Å². The highest BCUT2D eigenvalue weighted by Crippen LogP contribution is 2.60. The molecule has 31 heavy (non-hydrogen) atoms. The number of thiazole rings is 1. The number of ether oxygens (including phenoxy) is 1. The van der Waals surface area contributed by atoms with Crippen LogP contribution in [0.5, 0.6) is 5.75 Å². The van der Waals surface area contributed by atoms with Crippen molar-refractivity contribution in [1.29, 1.82) is 0 Å². The number of hydrogen-bond acceptors (Lipinski definition) is 5. The van der Waals surface area contributed by atoms with Crippen LogP contribution >= 0.6 is 23.7 Å². The van der Waals surface area contributed by atoms with Gasteiger partial charge in [-0.1, -0.05) is 17.4 Å². The summed E-state index contributed by atoms with van der Waals surface area (Å²) in [5, 5.41) is 0.834. The lowest BCUT2D eigenvalue weighted by Gasteiger charge is -2.56. The minimum absolute atomic E-state index is 0. The van der Waals surface area contributed by atoms with E-state index in [0.717, 1.165) is 64.7 Å². The molecular weight excluding hydrogens is 430 g/mol. The van der Waals surface area contributed by atoms with E-state index in [9.17, 15) is 4.79 Å². The molecule has 0 N–H and O–H groups in total. The number of aromatic nitrogens is 1. The van der Waals surface area contributed by atoms with Gasteiger partial charge in [0, 0.05) is 13.1 Å².